The minimum absolute atomic E-state index is 0.207. The summed E-state index contributed by atoms with van der Waals surface area (Å²) in [7, 11) is 0. The zero-order valence-corrected chi connectivity index (χ0v) is 9.38. The average Bonchev–Trinajstić information content (AvgIpc) is 2.61. The molecule has 16 heavy (non-hydrogen) atoms. The number of nitrogens with zero attached hydrogens (tertiary/aromatic N) is 3. The maximum atomic E-state index is 5.75. The first kappa shape index (κ1) is 10.5. The molecule has 0 atom stereocenters. The molecule has 3 N–H and O–H groups in total. The molecule has 0 unspecified atom stereocenters. The molecule has 0 aliphatic heterocycles. The molecular weight excluding hydrogens is 202 g/mol. The van der Waals surface area contributed by atoms with Gasteiger partial charge in [0.25, 0.3) is 0 Å². The molecule has 5 nitrogen and oxygen atoms in total. The van der Waals surface area contributed by atoms with E-state index in [0.717, 1.165) is 5.69 Å². The first-order valence-electron chi connectivity index (χ1n) is 5.21. The van der Waals surface area contributed by atoms with E-state index in [9.17, 15) is 0 Å². The maximum absolute atomic E-state index is 5.75. The van der Waals surface area contributed by atoms with Crippen LogP contribution < -0.4 is 11.1 Å². The second-order valence-corrected chi connectivity index (χ2v) is 3.82. The molecule has 0 saturated carbocycles. The van der Waals surface area contributed by atoms with Crippen molar-refractivity contribution in [2.75, 3.05) is 11.1 Å². The van der Waals surface area contributed by atoms with Crippen LogP contribution in [0.5, 0.6) is 0 Å². The van der Waals surface area contributed by atoms with Gasteiger partial charge in [-0.2, -0.15) is 4.98 Å². The molecule has 0 aliphatic rings. The number of hydrogen-bond acceptors (Lipinski definition) is 4. The van der Waals surface area contributed by atoms with Gasteiger partial charge in [-0.3, -0.25) is 0 Å². The Hall–Kier alpha value is -2.04. The first-order chi connectivity index (χ1) is 7.66. The lowest BCUT2D eigenvalue weighted by Crippen LogP contribution is -2.07. The number of hydrogen-bond donors (Lipinski definition) is 2. The van der Waals surface area contributed by atoms with Crippen LogP contribution in [-0.4, -0.2) is 14.8 Å². The van der Waals surface area contributed by atoms with Crippen LogP contribution in [0.3, 0.4) is 0 Å². The van der Waals surface area contributed by atoms with Crippen molar-refractivity contribution in [3.8, 4) is 0 Å². The van der Waals surface area contributed by atoms with Gasteiger partial charge >= 0.3 is 0 Å². The number of para-hydroxylation sites is 1. The fourth-order valence-electron chi connectivity index (χ4n) is 1.42. The van der Waals surface area contributed by atoms with E-state index in [4.69, 9.17) is 5.73 Å². The highest BCUT2D eigenvalue weighted by Gasteiger charge is 2.08. The van der Waals surface area contributed by atoms with Crippen LogP contribution in [0.1, 0.15) is 19.9 Å². The Kier molecular flexibility index (Phi) is 2.76. The van der Waals surface area contributed by atoms with Crippen molar-refractivity contribution in [1.82, 2.24) is 14.8 Å². The second-order valence-electron chi connectivity index (χ2n) is 3.82. The van der Waals surface area contributed by atoms with E-state index in [1.807, 2.05) is 44.2 Å². The number of nitrogens with one attached hydrogen (secondary N) is 1. The lowest BCUT2D eigenvalue weighted by molar-refractivity contribution is 0.541. The third kappa shape index (κ3) is 2.13. The largest absolute Gasteiger partial charge is 0.368 e. The summed E-state index contributed by atoms with van der Waals surface area (Å²) in [5, 5.41) is 7.37. The van der Waals surface area contributed by atoms with Gasteiger partial charge in [-0.25, -0.2) is 4.68 Å². The number of nitrogen functional groups attached to an aromatic ring is 1. The van der Waals surface area contributed by atoms with Gasteiger partial charge < -0.3 is 11.1 Å². The van der Waals surface area contributed by atoms with E-state index >= 15 is 0 Å². The highest BCUT2D eigenvalue weighted by Crippen LogP contribution is 2.16. The molecule has 2 aromatic rings. The number of nitrogens with two attached hydrogens (primary N) is 1. The lowest BCUT2D eigenvalue weighted by Gasteiger charge is -2.04. The van der Waals surface area contributed by atoms with Gasteiger partial charge in [0.1, 0.15) is 0 Å². The molecule has 0 aliphatic carbocycles. The van der Waals surface area contributed by atoms with Crippen LogP contribution in [0.4, 0.5) is 17.6 Å². The fraction of sp³-hybridized carbons (Fsp3) is 0.273. The summed E-state index contributed by atoms with van der Waals surface area (Å²) in [5.74, 6) is 0.950. The van der Waals surface area contributed by atoms with E-state index in [0.29, 0.717) is 11.9 Å². The van der Waals surface area contributed by atoms with Gasteiger partial charge in [0, 0.05) is 5.69 Å². The average molecular weight is 217 g/mol. The summed E-state index contributed by atoms with van der Waals surface area (Å²) in [4.78, 5) is 4.15. The Labute approximate surface area is 94.3 Å². The van der Waals surface area contributed by atoms with Gasteiger partial charge in [0.15, 0.2) is 0 Å². The minimum atomic E-state index is 0.207. The Morgan fingerprint density at radius 3 is 2.50 bits per heavy atom. The summed E-state index contributed by atoms with van der Waals surface area (Å²) < 4.78 is 1.69. The minimum Gasteiger partial charge on any atom is -0.368 e. The van der Waals surface area contributed by atoms with E-state index in [1.165, 1.54) is 0 Å². The first-order valence-corrected chi connectivity index (χ1v) is 5.21. The third-order valence-corrected chi connectivity index (χ3v) is 2.18. The molecule has 84 valence electrons. The summed E-state index contributed by atoms with van der Waals surface area (Å²) in [5.41, 5.74) is 6.69. The van der Waals surface area contributed by atoms with Crippen LogP contribution in [0.15, 0.2) is 30.3 Å². The zero-order valence-electron chi connectivity index (χ0n) is 9.38. The van der Waals surface area contributed by atoms with Crippen LogP contribution in [0, 0.1) is 0 Å². The molecule has 0 amide bonds. The van der Waals surface area contributed by atoms with Crippen LogP contribution >= 0.6 is 0 Å². The molecule has 0 saturated heterocycles. The fourth-order valence-corrected chi connectivity index (χ4v) is 1.42. The molecular formula is C11H15N5. The summed E-state index contributed by atoms with van der Waals surface area (Å²) in [6.07, 6.45) is 0. The predicted molar refractivity (Wildman–Crippen MR) is 64.5 cm³/mol. The highest BCUT2D eigenvalue weighted by molar-refractivity contribution is 5.53. The zero-order chi connectivity index (χ0) is 11.5. The SMILES string of the molecule is CC(C)n1nc(Nc2ccccc2)nc1N. The van der Waals surface area contributed by atoms with Crippen LogP contribution in [0.2, 0.25) is 0 Å². The molecule has 0 radical (unpaired) electrons. The summed E-state index contributed by atoms with van der Waals surface area (Å²) in [6.45, 7) is 4.02. The molecule has 0 fully saturated rings. The molecule has 2 rings (SSSR count). The van der Waals surface area contributed by atoms with Gasteiger partial charge in [-0.15, -0.1) is 5.10 Å². The summed E-state index contributed by atoms with van der Waals surface area (Å²) in [6, 6.07) is 9.97. The molecule has 0 spiro atoms. The predicted octanol–water partition coefficient (Wildman–Crippen LogP) is 2.18. The Bertz CT molecular complexity index is 460. The lowest BCUT2D eigenvalue weighted by atomic mass is 10.3. The van der Waals surface area contributed by atoms with Crippen molar-refractivity contribution in [2.24, 2.45) is 0 Å². The molecule has 1 aromatic carbocycles. The van der Waals surface area contributed by atoms with E-state index < -0.39 is 0 Å². The van der Waals surface area contributed by atoms with Crippen molar-refractivity contribution >= 4 is 17.6 Å². The number of anilines is 3. The van der Waals surface area contributed by atoms with Crippen molar-refractivity contribution in [2.45, 2.75) is 19.9 Å². The van der Waals surface area contributed by atoms with Crippen LogP contribution in [-0.2, 0) is 0 Å². The molecule has 1 heterocycles. The Morgan fingerprint density at radius 2 is 1.94 bits per heavy atom. The summed E-state index contributed by atoms with van der Waals surface area (Å²) >= 11 is 0. The van der Waals surface area contributed by atoms with Gasteiger partial charge in [0.2, 0.25) is 11.9 Å². The second kappa shape index (κ2) is 4.22. The topological polar surface area (TPSA) is 68.8 Å². The van der Waals surface area contributed by atoms with Crippen molar-refractivity contribution < 1.29 is 0 Å². The highest BCUT2D eigenvalue weighted by atomic mass is 15.4. The Balaban J connectivity index is 2.20. The van der Waals surface area contributed by atoms with Gasteiger partial charge in [-0.05, 0) is 26.0 Å². The molecule has 5 heteroatoms. The number of benzene rings is 1. The molecule has 1 aromatic heterocycles. The normalized spacial score (nSPS) is 10.7. The third-order valence-electron chi connectivity index (χ3n) is 2.18. The smallest absolute Gasteiger partial charge is 0.248 e. The van der Waals surface area contributed by atoms with Crippen LogP contribution in [0.25, 0.3) is 0 Å². The van der Waals surface area contributed by atoms with E-state index in [2.05, 4.69) is 15.4 Å². The number of aromatic nitrogens is 3. The Morgan fingerprint density at radius 1 is 1.25 bits per heavy atom. The monoisotopic (exact) mass is 217 g/mol. The van der Waals surface area contributed by atoms with E-state index in [1.54, 1.807) is 4.68 Å². The van der Waals surface area contributed by atoms with E-state index in [-0.39, 0.29) is 6.04 Å². The van der Waals surface area contributed by atoms with Crippen molar-refractivity contribution in [1.29, 1.82) is 0 Å². The van der Waals surface area contributed by atoms with Crippen molar-refractivity contribution in [3.63, 3.8) is 0 Å². The standard InChI is InChI=1S/C11H15N5/c1-8(2)16-10(12)14-11(15-16)13-9-6-4-3-5-7-9/h3-8H,1-2H3,(H3,12,13,14,15). The molecule has 0 bridgehead atoms. The number of rotatable bonds is 3. The maximum Gasteiger partial charge on any atom is 0.248 e. The van der Waals surface area contributed by atoms with Crippen molar-refractivity contribution in [3.05, 3.63) is 30.3 Å². The van der Waals surface area contributed by atoms with Gasteiger partial charge in [-0.1, -0.05) is 18.2 Å². The van der Waals surface area contributed by atoms with Gasteiger partial charge in [0.05, 0.1) is 6.04 Å². The quantitative estimate of drug-likeness (QED) is 0.826.